The second kappa shape index (κ2) is 6.97. The highest BCUT2D eigenvalue weighted by atomic mass is 32.1. The Kier molecular flexibility index (Phi) is 4.28. The number of aromatic nitrogens is 4. The number of aryl methyl sites for hydroxylation is 1. The second-order valence-corrected chi connectivity index (χ2v) is 8.36. The van der Waals surface area contributed by atoms with Crippen molar-refractivity contribution in [1.82, 2.24) is 19.5 Å². The summed E-state index contributed by atoms with van der Waals surface area (Å²) >= 11 is 1.72. The first kappa shape index (κ1) is 17.8. The number of carbonyl (C=O) groups excluding carboxylic acids is 1. The maximum Gasteiger partial charge on any atom is 0.217 e. The molecule has 146 valence electrons. The van der Waals surface area contributed by atoms with Gasteiger partial charge in [0, 0.05) is 47.2 Å². The number of carbonyl (C=O) groups is 1. The molecule has 5 heterocycles. The third kappa shape index (κ3) is 3.25. The van der Waals surface area contributed by atoms with Crippen molar-refractivity contribution in [3.63, 3.8) is 0 Å². The Balaban J connectivity index is 1.62. The standard InChI is InChI=1S/C21H20N6OS/c1-12-3-2-4-15(24-12)19-20(17-9-13-10-23-8-7-16(13)29-17)27-11-14(5-6-18(22)28)25-21(27)26-19/h2-4,7-10,14H,5-6,11H2,1H3,(H2,22,28)(H,25,26). The van der Waals surface area contributed by atoms with Crippen LogP contribution in [0.3, 0.4) is 0 Å². The van der Waals surface area contributed by atoms with Crippen LogP contribution in [0.25, 0.3) is 32.0 Å². The van der Waals surface area contributed by atoms with Crippen molar-refractivity contribution in [2.75, 3.05) is 5.32 Å². The van der Waals surface area contributed by atoms with Gasteiger partial charge in [-0.25, -0.2) is 4.98 Å². The number of pyridine rings is 2. The van der Waals surface area contributed by atoms with Gasteiger partial charge in [-0.15, -0.1) is 11.3 Å². The molecule has 7 nitrogen and oxygen atoms in total. The number of rotatable bonds is 5. The summed E-state index contributed by atoms with van der Waals surface area (Å²) in [5.41, 5.74) is 9.05. The second-order valence-electron chi connectivity index (χ2n) is 7.28. The van der Waals surface area contributed by atoms with E-state index >= 15 is 0 Å². The van der Waals surface area contributed by atoms with E-state index in [1.807, 2.05) is 43.6 Å². The number of fused-ring (bicyclic) bond motifs is 2. The summed E-state index contributed by atoms with van der Waals surface area (Å²) in [6, 6.07) is 10.3. The molecule has 29 heavy (non-hydrogen) atoms. The first-order valence-corrected chi connectivity index (χ1v) is 10.3. The predicted molar refractivity (Wildman–Crippen MR) is 115 cm³/mol. The van der Waals surface area contributed by atoms with E-state index in [-0.39, 0.29) is 11.9 Å². The van der Waals surface area contributed by atoms with E-state index in [2.05, 4.69) is 20.9 Å². The van der Waals surface area contributed by atoms with Crippen LogP contribution in [0.1, 0.15) is 18.5 Å². The zero-order chi connectivity index (χ0) is 20.0. The van der Waals surface area contributed by atoms with Crippen molar-refractivity contribution in [3.8, 4) is 22.0 Å². The van der Waals surface area contributed by atoms with Gasteiger partial charge >= 0.3 is 0 Å². The fraction of sp³-hybridized carbons (Fsp3) is 0.238. The molecule has 4 aromatic rings. The van der Waals surface area contributed by atoms with Gasteiger partial charge in [-0.05, 0) is 37.6 Å². The Morgan fingerprint density at radius 2 is 2.24 bits per heavy atom. The third-order valence-electron chi connectivity index (χ3n) is 5.12. The lowest BCUT2D eigenvalue weighted by Crippen LogP contribution is -2.21. The lowest BCUT2D eigenvalue weighted by Gasteiger charge is -2.11. The monoisotopic (exact) mass is 404 g/mol. The van der Waals surface area contributed by atoms with Gasteiger partial charge in [0.2, 0.25) is 11.9 Å². The van der Waals surface area contributed by atoms with Crippen LogP contribution in [0.2, 0.25) is 0 Å². The number of amides is 1. The van der Waals surface area contributed by atoms with Crippen LogP contribution in [-0.2, 0) is 11.3 Å². The minimum atomic E-state index is -0.279. The van der Waals surface area contributed by atoms with Crippen molar-refractivity contribution in [1.29, 1.82) is 0 Å². The molecule has 0 spiro atoms. The van der Waals surface area contributed by atoms with Gasteiger partial charge in [0.05, 0.1) is 16.3 Å². The summed E-state index contributed by atoms with van der Waals surface area (Å²) in [5.74, 6) is 0.529. The molecule has 1 amide bonds. The molecular weight excluding hydrogens is 384 g/mol. The molecule has 8 heteroatoms. The molecule has 0 saturated carbocycles. The van der Waals surface area contributed by atoms with Gasteiger partial charge < -0.3 is 15.6 Å². The summed E-state index contributed by atoms with van der Waals surface area (Å²) in [4.78, 5) is 26.1. The van der Waals surface area contributed by atoms with Gasteiger partial charge in [0.15, 0.2) is 0 Å². The van der Waals surface area contributed by atoms with Crippen LogP contribution in [0, 0.1) is 6.92 Å². The highest BCUT2D eigenvalue weighted by Gasteiger charge is 2.29. The van der Waals surface area contributed by atoms with Gasteiger partial charge in [-0.2, -0.15) is 0 Å². The predicted octanol–water partition coefficient (Wildman–Crippen LogP) is 3.59. The van der Waals surface area contributed by atoms with Crippen molar-refractivity contribution in [2.45, 2.75) is 32.4 Å². The molecule has 3 N–H and O–H groups in total. The van der Waals surface area contributed by atoms with Crippen molar-refractivity contribution >= 4 is 33.3 Å². The number of hydrogen-bond donors (Lipinski definition) is 2. The highest BCUT2D eigenvalue weighted by Crippen LogP contribution is 2.41. The average molecular weight is 404 g/mol. The van der Waals surface area contributed by atoms with E-state index in [9.17, 15) is 4.79 Å². The Hall–Kier alpha value is -3.26. The Morgan fingerprint density at radius 3 is 3.03 bits per heavy atom. The maximum absolute atomic E-state index is 11.2. The molecule has 1 unspecified atom stereocenters. The van der Waals surface area contributed by atoms with E-state index in [1.54, 1.807) is 11.3 Å². The molecular formula is C21H20N6OS. The van der Waals surface area contributed by atoms with Crippen LogP contribution in [0.4, 0.5) is 5.95 Å². The Bertz CT molecular complexity index is 1190. The van der Waals surface area contributed by atoms with E-state index < -0.39 is 0 Å². The number of imidazole rings is 1. The largest absolute Gasteiger partial charge is 0.370 e. The average Bonchev–Trinajstić information content (AvgIpc) is 3.37. The molecule has 1 aliphatic heterocycles. The third-order valence-corrected chi connectivity index (χ3v) is 6.25. The fourth-order valence-corrected chi connectivity index (χ4v) is 4.86. The molecule has 5 rings (SSSR count). The molecule has 1 atom stereocenters. The summed E-state index contributed by atoms with van der Waals surface area (Å²) in [7, 11) is 0. The summed E-state index contributed by atoms with van der Waals surface area (Å²) < 4.78 is 3.38. The topological polar surface area (TPSA) is 98.7 Å². The maximum atomic E-state index is 11.2. The number of nitrogens with zero attached hydrogens (tertiary/aromatic N) is 4. The number of primary amides is 1. The van der Waals surface area contributed by atoms with E-state index in [0.717, 1.165) is 45.5 Å². The lowest BCUT2D eigenvalue weighted by atomic mass is 10.1. The van der Waals surface area contributed by atoms with Crippen molar-refractivity contribution in [2.24, 2.45) is 5.73 Å². The minimum absolute atomic E-state index is 0.138. The number of hydrogen-bond acceptors (Lipinski definition) is 6. The summed E-state index contributed by atoms with van der Waals surface area (Å²) in [6.45, 7) is 2.72. The minimum Gasteiger partial charge on any atom is -0.370 e. The number of nitrogens with two attached hydrogens (primary N) is 1. The quantitative estimate of drug-likeness (QED) is 0.530. The molecule has 0 saturated heterocycles. The number of thiophene rings is 1. The SMILES string of the molecule is Cc1cccc(-c2nc3n(c2-c2cc4cnccc4s2)CC(CCC(N)=O)N3)n1. The molecule has 0 aliphatic carbocycles. The van der Waals surface area contributed by atoms with Gasteiger partial charge in [0.25, 0.3) is 0 Å². The molecule has 0 bridgehead atoms. The van der Waals surface area contributed by atoms with Crippen molar-refractivity contribution in [3.05, 3.63) is 48.4 Å². The smallest absolute Gasteiger partial charge is 0.217 e. The Labute approximate surface area is 171 Å². The zero-order valence-electron chi connectivity index (χ0n) is 15.9. The molecule has 1 aliphatic rings. The molecule has 0 fully saturated rings. The van der Waals surface area contributed by atoms with E-state index in [4.69, 9.17) is 15.7 Å². The van der Waals surface area contributed by atoms with Crippen LogP contribution in [0.5, 0.6) is 0 Å². The zero-order valence-corrected chi connectivity index (χ0v) is 16.7. The highest BCUT2D eigenvalue weighted by molar-refractivity contribution is 7.22. The van der Waals surface area contributed by atoms with Gasteiger partial charge in [-0.1, -0.05) is 6.07 Å². The number of anilines is 1. The van der Waals surface area contributed by atoms with Crippen LogP contribution < -0.4 is 11.1 Å². The van der Waals surface area contributed by atoms with Crippen LogP contribution >= 0.6 is 11.3 Å². The lowest BCUT2D eigenvalue weighted by molar-refractivity contribution is -0.118. The van der Waals surface area contributed by atoms with E-state index in [1.165, 1.54) is 4.70 Å². The summed E-state index contributed by atoms with van der Waals surface area (Å²) in [6.07, 6.45) is 4.74. The van der Waals surface area contributed by atoms with Crippen molar-refractivity contribution < 1.29 is 4.79 Å². The first-order chi connectivity index (χ1) is 14.1. The van der Waals surface area contributed by atoms with Crippen LogP contribution in [0.15, 0.2) is 42.7 Å². The van der Waals surface area contributed by atoms with Gasteiger partial charge in [0.1, 0.15) is 5.69 Å². The molecule has 4 aromatic heterocycles. The van der Waals surface area contributed by atoms with Crippen LogP contribution in [-0.4, -0.2) is 31.5 Å². The molecule has 0 aromatic carbocycles. The Morgan fingerprint density at radius 1 is 1.34 bits per heavy atom. The normalized spacial score (nSPS) is 15.4. The van der Waals surface area contributed by atoms with E-state index in [0.29, 0.717) is 12.8 Å². The first-order valence-electron chi connectivity index (χ1n) is 9.52. The molecule has 0 radical (unpaired) electrons. The number of nitrogens with one attached hydrogen (secondary N) is 1. The summed E-state index contributed by atoms with van der Waals surface area (Å²) in [5, 5.41) is 4.56. The fourth-order valence-electron chi connectivity index (χ4n) is 3.77. The van der Waals surface area contributed by atoms with Gasteiger partial charge in [-0.3, -0.25) is 14.8 Å².